The summed E-state index contributed by atoms with van der Waals surface area (Å²) in [6.07, 6.45) is 63.8. The van der Waals surface area contributed by atoms with Crippen LogP contribution in [-0.2, 0) is 28.6 Å². The van der Waals surface area contributed by atoms with Gasteiger partial charge in [-0.15, -0.1) is 0 Å². The van der Waals surface area contributed by atoms with E-state index in [1.54, 1.807) is 0 Å². The molecule has 0 spiro atoms. The lowest BCUT2D eigenvalue weighted by Gasteiger charge is -2.18. The number of carbonyl (C=O) groups excluding carboxylic acids is 3. The van der Waals surface area contributed by atoms with Gasteiger partial charge < -0.3 is 14.2 Å². The van der Waals surface area contributed by atoms with Crippen molar-refractivity contribution in [1.29, 1.82) is 0 Å². The van der Waals surface area contributed by atoms with Gasteiger partial charge >= 0.3 is 17.9 Å². The van der Waals surface area contributed by atoms with Gasteiger partial charge in [-0.05, 0) is 83.5 Å². The highest BCUT2D eigenvalue weighted by Crippen LogP contribution is 2.15. The van der Waals surface area contributed by atoms with E-state index in [1.807, 2.05) is 0 Å². The molecular formula is C58H104O6. The summed E-state index contributed by atoms with van der Waals surface area (Å²) in [5.74, 6) is -0.883. The molecule has 0 aliphatic heterocycles. The number of hydrogen-bond acceptors (Lipinski definition) is 6. The molecule has 0 rings (SSSR count). The first-order valence-electron chi connectivity index (χ1n) is 27.6. The molecule has 1 atom stereocenters. The standard InChI is InChI=1S/C58H104O6/c1-4-7-10-13-16-19-22-24-26-28-30-31-33-36-39-42-45-48-51-57(60)63-54-55(53-62-56(59)50-47-44-41-38-35-21-18-15-12-9-6-3)64-58(61)52-49-46-43-40-37-34-32-29-27-25-23-20-17-14-11-8-5-2/h17,19-20,22,25-28,55H,4-16,18,21,23-24,29-54H2,1-3H3/b20-17-,22-19-,27-25-,28-26-. The maximum Gasteiger partial charge on any atom is 0.306 e. The lowest BCUT2D eigenvalue weighted by molar-refractivity contribution is -0.167. The molecule has 0 aliphatic rings. The lowest BCUT2D eigenvalue weighted by atomic mass is 10.1. The van der Waals surface area contributed by atoms with Crippen LogP contribution in [0.2, 0.25) is 0 Å². The lowest BCUT2D eigenvalue weighted by Crippen LogP contribution is -2.30. The van der Waals surface area contributed by atoms with Gasteiger partial charge in [-0.25, -0.2) is 0 Å². The largest absolute Gasteiger partial charge is 0.462 e. The Morgan fingerprint density at radius 3 is 0.906 bits per heavy atom. The van der Waals surface area contributed by atoms with Crippen molar-refractivity contribution in [2.45, 2.75) is 290 Å². The van der Waals surface area contributed by atoms with E-state index in [0.29, 0.717) is 19.3 Å². The van der Waals surface area contributed by atoms with E-state index in [2.05, 4.69) is 69.4 Å². The van der Waals surface area contributed by atoms with Crippen LogP contribution in [0.25, 0.3) is 0 Å². The normalized spacial score (nSPS) is 12.4. The van der Waals surface area contributed by atoms with E-state index in [1.165, 1.54) is 161 Å². The van der Waals surface area contributed by atoms with E-state index >= 15 is 0 Å². The summed E-state index contributed by atoms with van der Waals surface area (Å²) in [6.45, 7) is 6.60. The van der Waals surface area contributed by atoms with Gasteiger partial charge in [0.25, 0.3) is 0 Å². The SMILES string of the molecule is CCCCC/C=C\C/C=C\CCCCCCCCCC(=O)OC(COC(=O)CCCCCCCCC/C=C\C/C=C\CCCCCC)COC(=O)CCCCCCCCCCCCC. The van der Waals surface area contributed by atoms with Gasteiger partial charge in [0.05, 0.1) is 0 Å². The van der Waals surface area contributed by atoms with Crippen molar-refractivity contribution in [2.75, 3.05) is 13.2 Å². The second-order valence-corrected chi connectivity index (χ2v) is 18.5. The molecule has 0 amide bonds. The molecule has 0 N–H and O–H groups in total. The van der Waals surface area contributed by atoms with Crippen LogP contribution in [0, 0.1) is 0 Å². The Morgan fingerprint density at radius 2 is 0.562 bits per heavy atom. The first-order chi connectivity index (χ1) is 31.5. The quantitative estimate of drug-likeness (QED) is 0.0262. The minimum Gasteiger partial charge on any atom is -0.462 e. The van der Waals surface area contributed by atoms with Crippen molar-refractivity contribution in [3.8, 4) is 0 Å². The second kappa shape index (κ2) is 53.0. The Bertz CT molecular complexity index is 1120. The molecule has 1 unspecified atom stereocenters. The zero-order valence-corrected chi connectivity index (χ0v) is 42.6. The number of carbonyl (C=O) groups is 3. The fraction of sp³-hybridized carbons (Fsp3) is 0.810. The summed E-state index contributed by atoms with van der Waals surface area (Å²) in [6, 6.07) is 0. The fourth-order valence-electron chi connectivity index (χ4n) is 7.86. The highest BCUT2D eigenvalue weighted by atomic mass is 16.6. The monoisotopic (exact) mass is 897 g/mol. The molecule has 0 radical (unpaired) electrons. The molecular weight excluding hydrogens is 793 g/mol. The van der Waals surface area contributed by atoms with Gasteiger partial charge in [0.15, 0.2) is 6.10 Å². The van der Waals surface area contributed by atoms with E-state index in [4.69, 9.17) is 14.2 Å². The number of ether oxygens (including phenoxy) is 3. The number of rotatable bonds is 50. The van der Waals surface area contributed by atoms with Crippen molar-refractivity contribution in [3.63, 3.8) is 0 Å². The van der Waals surface area contributed by atoms with Crippen LogP contribution < -0.4 is 0 Å². The summed E-state index contributed by atoms with van der Waals surface area (Å²) in [5, 5.41) is 0. The first-order valence-corrected chi connectivity index (χ1v) is 27.6. The molecule has 0 aromatic rings. The zero-order chi connectivity index (χ0) is 46.5. The molecule has 0 heterocycles. The van der Waals surface area contributed by atoms with E-state index in [-0.39, 0.29) is 31.1 Å². The molecule has 0 bridgehead atoms. The Kier molecular flexibility index (Phi) is 50.8. The predicted molar refractivity (Wildman–Crippen MR) is 275 cm³/mol. The molecule has 0 aromatic carbocycles. The molecule has 0 saturated carbocycles. The molecule has 64 heavy (non-hydrogen) atoms. The second-order valence-electron chi connectivity index (χ2n) is 18.5. The summed E-state index contributed by atoms with van der Waals surface area (Å²) in [5.41, 5.74) is 0. The third-order valence-corrected chi connectivity index (χ3v) is 12.1. The minimum absolute atomic E-state index is 0.0765. The third-order valence-electron chi connectivity index (χ3n) is 12.1. The van der Waals surface area contributed by atoms with E-state index < -0.39 is 6.10 Å². The molecule has 0 saturated heterocycles. The first kappa shape index (κ1) is 61.4. The molecule has 0 aromatic heterocycles. The summed E-state index contributed by atoms with van der Waals surface area (Å²) in [7, 11) is 0. The molecule has 6 nitrogen and oxygen atoms in total. The van der Waals surface area contributed by atoms with Crippen LogP contribution in [0.4, 0.5) is 0 Å². The van der Waals surface area contributed by atoms with Crippen LogP contribution >= 0.6 is 0 Å². The number of unbranched alkanes of at least 4 members (excludes halogenated alkanes) is 31. The number of hydrogen-bond donors (Lipinski definition) is 0. The third kappa shape index (κ3) is 50.4. The van der Waals surface area contributed by atoms with Crippen LogP contribution in [0.3, 0.4) is 0 Å². The average Bonchev–Trinajstić information content (AvgIpc) is 3.29. The average molecular weight is 897 g/mol. The zero-order valence-electron chi connectivity index (χ0n) is 42.6. The number of allylic oxidation sites excluding steroid dienone is 8. The van der Waals surface area contributed by atoms with Crippen LogP contribution in [0.1, 0.15) is 284 Å². The Balaban J connectivity index is 4.35. The van der Waals surface area contributed by atoms with Crippen molar-refractivity contribution in [2.24, 2.45) is 0 Å². The molecule has 0 aliphatic carbocycles. The minimum atomic E-state index is -0.778. The van der Waals surface area contributed by atoms with Gasteiger partial charge in [-0.2, -0.15) is 0 Å². The van der Waals surface area contributed by atoms with Crippen molar-refractivity contribution in [3.05, 3.63) is 48.6 Å². The van der Waals surface area contributed by atoms with Crippen molar-refractivity contribution in [1.82, 2.24) is 0 Å². The Labute approximate surface area is 397 Å². The maximum atomic E-state index is 12.8. The van der Waals surface area contributed by atoms with E-state index in [9.17, 15) is 14.4 Å². The van der Waals surface area contributed by atoms with Crippen LogP contribution in [-0.4, -0.2) is 37.2 Å². The fourth-order valence-corrected chi connectivity index (χ4v) is 7.86. The van der Waals surface area contributed by atoms with Gasteiger partial charge in [-0.1, -0.05) is 230 Å². The van der Waals surface area contributed by atoms with Gasteiger partial charge in [0.2, 0.25) is 0 Å². The van der Waals surface area contributed by atoms with Gasteiger partial charge in [0.1, 0.15) is 13.2 Å². The topological polar surface area (TPSA) is 78.9 Å². The molecule has 6 heteroatoms. The van der Waals surface area contributed by atoms with Crippen LogP contribution in [0.5, 0.6) is 0 Å². The summed E-state index contributed by atoms with van der Waals surface area (Å²) >= 11 is 0. The highest BCUT2D eigenvalue weighted by Gasteiger charge is 2.19. The van der Waals surface area contributed by atoms with Crippen molar-refractivity contribution >= 4 is 17.9 Å². The van der Waals surface area contributed by atoms with Gasteiger partial charge in [0, 0.05) is 19.3 Å². The smallest absolute Gasteiger partial charge is 0.306 e. The molecule has 0 fully saturated rings. The molecule has 372 valence electrons. The Morgan fingerprint density at radius 1 is 0.312 bits per heavy atom. The predicted octanol–water partition coefficient (Wildman–Crippen LogP) is 18.3. The highest BCUT2D eigenvalue weighted by molar-refractivity contribution is 5.71. The maximum absolute atomic E-state index is 12.8. The Hall–Kier alpha value is -2.63. The van der Waals surface area contributed by atoms with E-state index in [0.717, 1.165) is 83.5 Å². The van der Waals surface area contributed by atoms with Gasteiger partial charge in [-0.3, -0.25) is 14.4 Å². The summed E-state index contributed by atoms with van der Waals surface area (Å²) < 4.78 is 16.8. The van der Waals surface area contributed by atoms with Crippen molar-refractivity contribution < 1.29 is 28.6 Å². The number of esters is 3. The summed E-state index contributed by atoms with van der Waals surface area (Å²) in [4.78, 5) is 38.0. The van der Waals surface area contributed by atoms with Crippen LogP contribution in [0.15, 0.2) is 48.6 Å².